The first-order chi connectivity index (χ1) is 33.6. The van der Waals surface area contributed by atoms with Crippen LogP contribution in [0, 0.1) is 13.8 Å². The van der Waals surface area contributed by atoms with Crippen LogP contribution in [0.15, 0.2) is 69.9 Å². The Balaban J connectivity index is 0.000000174. The largest absolute Gasteiger partial charge is 0.390 e. The van der Waals surface area contributed by atoms with Crippen LogP contribution in [0.25, 0.3) is 11.3 Å². The number of likely N-dealkylation sites (tertiary alicyclic amines) is 2. The number of carbonyl (C=O) groups is 2. The second-order valence-electron chi connectivity index (χ2n) is 18.2. The number of aromatic nitrogens is 6. The molecule has 2 atom stereocenters. The summed E-state index contributed by atoms with van der Waals surface area (Å²) in [5, 5.41) is 30.8. The van der Waals surface area contributed by atoms with E-state index in [1.54, 1.807) is 55.2 Å². The van der Waals surface area contributed by atoms with Crippen molar-refractivity contribution in [1.82, 2.24) is 44.3 Å². The van der Waals surface area contributed by atoms with E-state index in [1.807, 2.05) is 43.3 Å². The van der Waals surface area contributed by atoms with E-state index in [0.717, 1.165) is 92.5 Å². The van der Waals surface area contributed by atoms with E-state index in [2.05, 4.69) is 56.7 Å². The molecule has 6 aromatic rings. The second kappa shape index (κ2) is 21.6. The summed E-state index contributed by atoms with van der Waals surface area (Å²) in [7, 11) is -7.10. The fourth-order valence-corrected chi connectivity index (χ4v) is 10.8. The summed E-state index contributed by atoms with van der Waals surface area (Å²) in [5.74, 6) is 0.325. The number of nitrogens with one attached hydrogen (secondary N) is 3. The van der Waals surface area contributed by atoms with E-state index < -0.39 is 20.0 Å². The number of hydrogen-bond acceptors (Lipinski definition) is 14. The zero-order valence-corrected chi connectivity index (χ0v) is 44.9. The van der Waals surface area contributed by atoms with Crippen LogP contribution >= 0.6 is 43.5 Å². The van der Waals surface area contributed by atoms with Crippen LogP contribution in [0.1, 0.15) is 93.8 Å². The number of piperidine rings is 2. The molecule has 0 bridgehead atoms. The number of sulfonamides is 2. The molecule has 0 aliphatic carbocycles. The molecule has 4 fully saturated rings. The molecule has 4 saturated heterocycles. The second-order valence-corrected chi connectivity index (χ2v) is 23.9. The first kappa shape index (κ1) is 52.4. The van der Waals surface area contributed by atoms with Crippen LogP contribution in [-0.2, 0) is 20.0 Å². The topological polar surface area (TPSA) is 249 Å². The third-order valence-electron chi connectivity index (χ3n) is 12.4. The van der Waals surface area contributed by atoms with Crippen molar-refractivity contribution in [2.45, 2.75) is 76.7 Å². The molecule has 380 valence electrons. The van der Waals surface area contributed by atoms with Gasteiger partial charge in [-0.3, -0.25) is 19.0 Å². The number of aryl methyl sites for hydroxylation is 2. The van der Waals surface area contributed by atoms with Crippen molar-refractivity contribution in [2.24, 2.45) is 0 Å². The Labute approximate surface area is 433 Å². The Morgan fingerprint density at radius 2 is 1.14 bits per heavy atom. The number of anilines is 3. The first-order valence-electron chi connectivity index (χ1n) is 23.0. The minimum atomic E-state index is -3.56. The van der Waals surface area contributed by atoms with E-state index in [4.69, 9.17) is 26.8 Å². The van der Waals surface area contributed by atoms with Gasteiger partial charge < -0.3 is 30.2 Å². The van der Waals surface area contributed by atoms with E-state index in [1.165, 1.54) is 0 Å². The number of aliphatic hydroxyl groups is 2. The summed E-state index contributed by atoms with van der Waals surface area (Å²) in [6.07, 6.45) is 10.6. The smallest absolute Gasteiger partial charge is 0.256 e. The van der Waals surface area contributed by atoms with E-state index >= 15 is 0 Å². The molecular weight excluding hydrogens is 1110 g/mol. The standard InChI is InChI=1S/C23H27BrN6O4S.C20H21BrClN5O3S.C3H7NO/c1-14-11-30-21(25-22(14)28-12-16(31)13-28)10-19(26-30)20-5-3-4-8-29(20)23(32)17-9-15(24)6-7-18(17)27-35(2,33)34;1-12-11-27-18(23-19(12)22)10-16(24-27)17-5-3-4-8-26(17)20(28)14-9-13(21)6-7-15(14)25-31(2,29)30;5-3-1-4-2-3/h6-7,9-11,16,20,27,31H,3-5,8,12-13H2,1-2H3;6-7,9-11,17,25H,3-5,8H2,1-2H3;3-5H,1-2H2/t20-;17-;/m00./s1. The summed E-state index contributed by atoms with van der Waals surface area (Å²) in [6.45, 7) is 7.63. The van der Waals surface area contributed by atoms with Gasteiger partial charge in [-0.1, -0.05) is 43.5 Å². The molecule has 20 nitrogen and oxygen atoms in total. The van der Waals surface area contributed by atoms with Crippen molar-refractivity contribution >= 4 is 104 Å². The molecular formula is C46H55Br2ClN12O8S2. The molecule has 4 aliphatic heterocycles. The molecule has 4 aliphatic rings. The molecule has 0 spiro atoms. The van der Waals surface area contributed by atoms with Crippen LogP contribution < -0.4 is 19.7 Å². The van der Waals surface area contributed by atoms with Crippen molar-refractivity contribution in [1.29, 1.82) is 0 Å². The van der Waals surface area contributed by atoms with Crippen LogP contribution in [-0.4, -0.2) is 142 Å². The van der Waals surface area contributed by atoms with Crippen molar-refractivity contribution in [2.75, 3.05) is 66.1 Å². The molecule has 10 rings (SSSR count). The maximum absolute atomic E-state index is 13.7. The SMILES string of the molecule is Cc1cn2nc([C@@H]3CCCCN3C(=O)c3cc(Br)ccc3NS(C)(=O)=O)cc2nc1Cl.Cc1cn2nc([C@@H]3CCCCN3C(=O)c3cc(Br)ccc3NS(C)(=O)=O)cc2nc1N1CC(O)C1.OC1CNC1. The predicted octanol–water partition coefficient (Wildman–Crippen LogP) is 5.86. The lowest BCUT2D eigenvalue weighted by Gasteiger charge is -2.37. The summed E-state index contributed by atoms with van der Waals surface area (Å²) in [5.41, 5.74) is 5.62. The average molecular weight is 1160 g/mol. The fraction of sp³-hybridized carbons (Fsp3) is 0.435. The average Bonchev–Trinajstić information content (AvgIpc) is 3.91. The fourth-order valence-electron chi connectivity index (χ4n) is 8.81. The van der Waals surface area contributed by atoms with Crippen molar-refractivity contribution in [3.8, 4) is 0 Å². The van der Waals surface area contributed by atoms with Gasteiger partial charge in [-0.05, 0) is 88.8 Å². The molecule has 0 saturated carbocycles. The van der Waals surface area contributed by atoms with Gasteiger partial charge >= 0.3 is 0 Å². The lowest BCUT2D eigenvalue weighted by atomic mass is 9.98. The Morgan fingerprint density at radius 3 is 1.56 bits per heavy atom. The number of rotatable bonds is 9. The zero-order valence-electron chi connectivity index (χ0n) is 39.4. The summed E-state index contributed by atoms with van der Waals surface area (Å²) in [6, 6.07) is 13.1. The maximum atomic E-state index is 13.7. The number of hydrogen-bond donors (Lipinski definition) is 5. The van der Waals surface area contributed by atoms with Gasteiger partial charge in [0.05, 0.1) is 70.7 Å². The summed E-state index contributed by atoms with van der Waals surface area (Å²) in [4.78, 5) is 42.0. The Morgan fingerprint density at radius 1 is 0.690 bits per heavy atom. The van der Waals surface area contributed by atoms with Crippen LogP contribution in [0.3, 0.4) is 0 Å². The Bertz CT molecular complexity index is 3170. The highest BCUT2D eigenvalue weighted by Crippen LogP contribution is 2.36. The number of carbonyl (C=O) groups excluding carboxylic acids is 2. The predicted molar refractivity (Wildman–Crippen MR) is 278 cm³/mol. The van der Waals surface area contributed by atoms with Gasteiger partial charge in [0.1, 0.15) is 11.0 Å². The molecule has 0 radical (unpaired) electrons. The molecule has 4 aromatic heterocycles. The monoisotopic (exact) mass is 1160 g/mol. The third kappa shape index (κ3) is 12.6. The zero-order chi connectivity index (χ0) is 50.9. The molecule has 25 heteroatoms. The lowest BCUT2D eigenvalue weighted by Crippen LogP contribution is -2.51. The number of benzene rings is 2. The van der Waals surface area contributed by atoms with Crippen molar-refractivity contribution in [3.05, 3.63) is 109 Å². The van der Waals surface area contributed by atoms with E-state index in [-0.39, 0.29) is 58.6 Å². The quantitative estimate of drug-likeness (QED) is 0.106. The van der Waals surface area contributed by atoms with Crippen molar-refractivity contribution < 1.29 is 36.6 Å². The van der Waals surface area contributed by atoms with Crippen LogP contribution in [0.4, 0.5) is 17.2 Å². The maximum Gasteiger partial charge on any atom is 0.256 e. The molecule has 2 amide bonds. The molecule has 8 heterocycles. The van der Waals surface area contributed by atoms with Crippen LogP contribution in [0.2, 0.25) is 5.15 Å². The van der Waals surface area contributed by atoms with Crippen LogP contribution in [0.5, 0.6) is 0 Å². The van der Waals surface area contributed by atoms with Gasteiger partial charge in [0.2, 0.25) is 20.0 Å². The number of β-amino-alcohol motifs (C(OH)–C–C–N with tert-alkyl or cyclic N) is 2. The van der Waals surface area contributed by atoms with Gasteiger partial charge in [-0.25, -0.2) is 35.8 Å². The number of aliphatic hydroxyl groups excluding tert-OH is 2. The first-order valence-corrected chi connectivity index (χ1v) is 28.7. The van der Waals surface area contributed by atoms with Gasteiger partial charge in [-0.2, -0.15) is 10.2 Å². The van der Waals surface area contributed by atoms with E-state index in [0.29, 0.717) is 51.6 Å². The Hall–Kier alpha value is -4.95. The molecule has 71 heavy (non-hydrogen) atoms. The van der Waals surface area contributed by atoms with Gasteiger partial charge in [0.15, 0.2) is 11.3 Å². The van der Waals surface area contributed by atoms with Gasteiger partial charge in [-0.15, -0.1) is 0 Å². The summed E-state index contributed by atoms with van der Waals surface area (Å²) < 4.78 is 57.0. The minimum Gasteiger partial charge on any atom is -0.390 e. The highest BCUT2D eigenvalue weighted by Gasteiger charge is 2.35. The number of halogens is 3. The molecule has 2 aromatic carbocycles. The highest BCUT2D eigenvalue weighted by molar-refractivity contribution is 9.10. The number of amides is 2. The minimum absolute atomic E-state index is 0.0463. The number of fused-ring (bicyclic) bond motifs is 2. The van der Waals surface area contributed by atoms with E-state index in [9.17, 15) is 31.5 Å². The van der Waals surface area contributed by atoms with Gasteiger partial charge in [0, 0.05) is 83.9 Å². The van der Waals surface area contributed by atoms with Gasteiger partial charge in [0.25, 0.3) is 11.8 Å². The highest BCUT2D eigenvalue weighted by atomic mass is 79.9. The normalized spacial score (nSPS) is 18.7. The Kier molecular flexibility index (Phi) is 16.0. The lowest BCUT2D eigenvalue weighted by molar-refractivity contribution is 0.0599. The number of nitrogens with zero attached hydrogens (tertiary/aromatic N) is 9. The molecule has 0 unspecified atom stereocenters. The summed E-state index contributed by atoms with van der Waals surface area (Å²) >= 11 is 12.9. The third-order valence-corrected chi connectivity index (χ3v) is 14.9. The molecule has 5 N–H and O–H groups in total. The van der Waals surface area contributed by atoms with Crippen molar-refractivity contribution in [3.63, 3.8) is 0 Å².